The van der Waals surface area contributed by atoms with Gasteiger partial charge in [-0.25, -0.2) is 13.8 Å². The monoisotopic (exact) mass is 271 g/mol. The van der Waals surface area contributed by atoms with E-state index in [4.69, 9.17) is 5.11 Å². The normalized spacial score (nSPS) is 11.9. The lowest BCUT2D eigenvalue weighted by atomic mass is 10.1. The lowest BCUT2D eigenvalue weighted by Crippen LogP contribution is -2.13. The van der Waals surface area contributed by atoms with E-state index < -0.39 is 47.7 Å². The summed E-state index contributed by atoms with van der Waals surface area (Å²) in [5.74, 6) is -3.01. The number of halogens is 5. The molecule has 0 aromatic carbocycles. The molecule has 0 aliphatic heterocycles. The summed E-state index contributed by atoms with van der Waals surface area (Å²) in [6.07, 6.45) is -9.47. The van der Waals surface area contributed by atoms with Crippen LogP contribution >= 0.6 is 0 Å². The molecule has 0 saturated heterocycles. The Bertz CT molecular complexity index is 472. The fourth-order valence-electron chi connectivity index (χ4n) is 1.22. The van der Waals surface area contributed by atoms with Gasteiger partial charge in [-0.15, -0.1) is 0 Å². The maximum atomic E-state index is 12.4. The number of carboxylic acid groups (broad SMARTS) is 1. The van der Waals surface area contributed by atoms with Crippen LogP contribution in [0, 0.1) is 0 Å². The van der Waals surface area contributed by atoms with Crippen LogP contribution in [0.2, 0.25) is 0 Å². The van der Waals surface area contributed by atoms with Gasteiger partial charge in [0.25, 0.3) is 6.43 Å². The van der Waals surface area contributed by atoms with Crippen molar-refractivity contribution < 1.29 is 37.0 Å². The van der Waals surface area contributed by atoms with E-state index in [9.17, 15) is 31.9 Å². The summed E-state index contributed by atoms with van der Waals surface area (Å²) < 4.78 is 61.8. The van der Waals surface area contributed by atoms with Crippen molar-refractivity contribution in [2.45, 2.75) is 19.0 Å². The molecule has 4 nitrogen and oxygen atoms in total. The molecule has 0 spiro atoms. The van der Waals surface area contributed by atoms with Crippen molar-refractivity contribution in [1.29, 1.82) is 0 Å². The molecule has 100 valence electrons. The lowest BCUT2D eigenvalue weighted by molar-refractivity contribution is -0.143. The number of rotatable bonds is 3. The predicted molar refractivity (Wildman–Crippen MR) is 47.2 cm³/mol. The molecule has 1 rings (SSSR count). The van der Waals surface area contributed by atoms with Crippen molar-refractivity contribution in [3.05, 3.63) is 23.0 Å². The fraction of sp³-hybridized carbons (Fsp3) is 0.333. The Morgan fingerprint density at radius 2 is 1.94 bits per heavy atom. The van der Waals surface area contributed by atoms with Crippen LogP contribution in [-0.2, 0) is 17.4 Å². The third-order valence-corrected chi connectivity index (χ3v) is 1.93. The van der Waals surface area contributed by atoms with Crippen LogP contribution in [0.25, 0.3) is 0 Å². The van der Waals surface area contributed by atoms with E-state index >= 15 is 0 Å². The van der Waals surface area contributed by atoms with Crippen molar-refractivity contribution in [1.82, 2.24) is 4.98 Å². The number of alkyl halides is 5. The number of aromatic hydroxyl groups is 1. The highest BCUT2D eigenvalue weighted by Gasteiger charge is 2.38. The molecular formula is C9H6F5NO3. The van der Waals surface area contributed by atoms with E-state index in [0.29, 0.717) is 6.07 Å². The Kier molecular flexibility index (Phi) is 3.73. The maximum absolute atomic E-state index is 12.4. The molecule has 0 aliphatic rings. The Hall–Kier alpha value is -1.93. The maximum Gasteiger partial charge on any atom is 0.437 e. The van der Waals surface area contributed by atoms with Gasteiger partial charge in [-0.2, -0.15) is 13.2 Å². The number of aromatic nitrogens is 1. The van der Waals surface area contributed by atoms with Crippen LogP contribution in [0.4, 0.5) is 22.0 Å². The molecule has 1 aromatic heterocycles. The van der Waals surface area contributed by atoms with Gasteiger partial charge in [-0.05, 0) is 6.07 Å². The van der Waals surface area contributed by atoms with Crippen molar-refractivity contribution in [3.8, 4) is 5.75 Å². The average molecular weight is 271 g/mol. The molecule has 0 fully saturated rings. The first-order valence-corrected chi connectivity index (χ1v) is 4.43. The molecule has 0 unspecified atom stereocenters. The van der Waals surface area contributed by atoms with E-state index in [1.54, 1.807) is 0 Å². The molecule has 0 saturated carbocycles. The molecule has 0 radical (unpaired) electrons. The van der Waals surface area contributed by atoms with Gasteiger partial charge in [-0.3, -0.25) is 4.79 Å². The number of carboxylic acids is 1. The number of pyridine rings is 1. The van der Waals surface area contributed by atoms with Gasteiger partial charge in [0.2, 0.25) is 0 Å². The lowest BCUT2D eigenvalue weighted by Gasteiger charge is -2.12. The van der Waals surface area contributed by atoms with Crippen molar-refractivity contribution in [2.24, 2.45) is 0 Å². The third kappa shape index (κ3) is 3.05. The minimum atomic E-state index is -5.15. The summed E-state index contributed by atoms with van der Waals surface area (Å²) >= 11 is 0. The van der Waals surface area contributed by atoms with E-state index in [1.807, 2.05) is 0 Å². The second-order valence-electron chi connectivity index (χ2n) is 3.27. The summed E-state index contributed by atoms with van der Waals surface area (Å²) in [6, 6.07) is 0.434. The standard InChI is InChI=1S/C9H6F5NO3/c10-8(11)4-1-3(2-5(16)17)6(18)7(15-4)9(12,13)14/h1,8,18H,2H2,(H,16,17). The number of hydrogen-bond donors (Lipinski definition) is 2. The summed E-state index contributed by atoms with van der Waals surface area (Å²) in [6.45, 7) is 0. The largest absolute Gasteiger partial charge is 0.505 e. The molecule has 0 bridgehead atoms. The zero-order valence-electron chi connectivity index (χ0n) is 8.50. The zero-order chi connectivity index (χ0) is 14.1. The van der Waals surface area contributed by atoms with Gasteiger partial charge < -0.3 is 10.2 Å². The molecule has 1 aromatic rings. The third-order valence-electron chi connectivity index (χ3n) is 1.93. The predicted octanol–water partition coefficient (Wildman–Crippen LogP) is 2.37. The molecule has 18 heavy (non-hydrogen) atoms. The number of hydrogen-bond acceptors (Lipinski definition) is 3. The topological polar surface area (TPSA) is 70.4 Å². The Morgan fingerprint density at radius 3 is 2.33 bits per heavy atom. The summed E-state index contributed by atoms with van der Waals surface area (Å²) in [5, 5.41) is 17.6. The van der Waals surface area contributed by atoms with Crippen LogP contribution in [0.3, 0.4) is 0 Å². The molecule has 0 atom stereocenters. The molecule has 0 aliphatic carbocycles. The van der Waals surface area contributed by atoms with Crippen LogP contribution in [0.5, 0.6) is 5.75 Å². The highest BCUT2D eigenvalue weighted by Crippen LogP contribution is 2.37. The first-order chi connectivity index (χ1) is 8.12. The second kappa shape index (κ2) is 4.75. The van der Waals surface area contributed by atoms with Crippen LogP contribution in [0.1, 0.15) is 23.4 Å². The van der Waals surface area contributed by atoms with Gasteiger partial charge in [0.15, 0.2) is 5.69 Å². The van der Waals surface area contributed by atoms with E-state index in [0.717, 1.165) is 0 Å². The first-order valence-electron chi connectivity index (χ1n) is 4.43. The van der Waals surface area contributed by atoms with Crippen molar-refractivity contribution in [2.75, 3.05) is 0 Å². The molecule has 1 heterocycles. The fourth-order valence-corrected chi connectivity index (χ4v) is 1.22. The highest BCUT2D eigenvalue weighted by atomic mass is 19.4. The molecule has 2 N–H and O–H groups in total. The van der Waals surface area contributed by atoms with E-state index in [1.165, 1.54) is 0 Å². The number of nitrogens with zero attached hydrogens (tertiary/aromatic N) is 1. The quantitative estimate of drug-likeness (QED) is 0.828. The summed E-state index contributed by atoms with van der Waals surface area (Å²) in [5.41, 5.74) is -3.92. The van der Waals surface area contributed by atoms with E-state index in [-0.39, 0.29) is 0 Å². The average Bonchev–Trinajstić information content (AvgIpc) is 2.18. The molecule has 9 heteroatoms. The number of carbonyl (C=O) groups is 1. The summed E-state index contributed by atoms with van der Waals surface area (Å²) in [4.78, 5) is 13.0. The summed E-state index contributed by atoms with van der Waals surface area (Å²) in [7, 11) is 0. The highest BCUT2D eigenvalue weighted by molar-refractivity contribution is 5.71. The Balaban J connectivity index is 3.43. The van der Waals surface area contributed by atoms with Gasteiger partial charge in [0, 0.05) is 5.56 Å². The Morgan fingerprint density at radius 1 is 1.39 bits per heavy atom. The van der Waals surface area contributed by atoms with E-state index in [2.05, 4.69) is 4.98 Å². The minimum absolute atomic E-state index is 0.434. The van der Waals surface area contributed by atoms with Crippen LogP contribution in [0.15, 0.2) is 6.07 Å². The van der Waals surface area contributed by atoms with Crippen LogP contribution < -0.4 is 0 Å². The van der Waals surface area contributed by atoms with Crippen molar-refractivity contribution in [3.63, 3.8) is 0 Å². The van der Waals surface area contributed by atoms with Crippen molar-refractivity contribution >= 4 is 5.97 Å². The second-order valence-corrected chi connectivity index (χ2v) is 3.27. The van der Waals surface area contributed by atoms with Crippen LogP contribution in [-0.4, -0.2) is 21.2 Å². The smallest absolute Gasteiger partial charge is 0.437 e. The number of aliphatic carboxylic acids is 1. The van der Waals surface area contributed by atoms with Gasteiger partial charge in [0.1, 0.15) is 11.4 Å². The molecular weight excluding hydrogens is 265 g/mol. The zero-order valence-corrected chi connectivity index (χ0v) is 8.50. The Labute approximate surface area is 96.7 Å². The van der Waals surface area contributed by atoms with Gasteiger partial charge in [0.05, 0.1) is 6.42 Å². The van der Waals surface area contributed by atoms with Gasteiger partial charge >= 0.3 is 12.1 Å². The SMILES string of the molecule is O=C(O)Cc1cc(C(F)F)nc(C(F)(F)F)c1O. The minimum Gasteiger partial charge on any atom is -0.505 e. The van der Waals surface area contributed by atoms with Gasteiger partial charge in [-0.1, -0.05) is 0 Å². The molecule has 0 amide bonds. The first kappa shape index (κ1) is 14.1.